The molecule has 0 N–H and O–H groups in total. The molecule has 0 atom stereocenters. The molecule has 1 amide bonds. The number of ether oxygens (including phenoxy) is 1. The first kappa shape index (κ1) is 18.1. The first-order valence-corrected chi connectivity index (χ1v) is 9.92. The Balaban J connectivity index is 1.30. The van der Waals surface area contributed by atoms with Crippen LogP contribution in [0.2, 0.25) is 0 Å². The highest BCUT2D eigenvalue weighted by Crippen LogP contribution is 2.25. The van der Waals surface area contributed by atoms with Crippen LogP contribution in [-0.2, 0) is 4.74 Å². The first-order valence-electron chi connectivity index (χ1n) is 9.92. The van der Waals surface area contributed by atoms with E-state index in [1.165, 1.54) is 5.56 Å². The number of anilines is 1. The molecule has 3 heterocycles. The number of benzene rings is 1. The Morgan fingerprint density at radius 2 is 1.93 bits per heavy atom. The maximum Gasteiger partial charge on any atom is 0.409 e. The topological polar surface area (TPSA) is 62.1 Å². The van der Waals surface area contributed by atoms with Gasteiger partial charge in [0.1, 0.15) is 5.52 Å². The highest BCUT2D eigenvalue weighted by molar-refractivity contribution is 5.75. The molecule has 0 radical (unpaired) electrons. The van der Waals surface area contributed by atoms with Crippen LogP contribution in [-0.4, -0.2) is 72.8 Å². The summed E-state index contributed by atoms with van der Waals surface area (Å²) in [4.78, 5) is 23.1. The molecule has 1 aromatic carbocycles. The van der Waals surface area contributed by atoms with Crippen LogP contribution in [0.1, 0.15) is 25.3 Å². The van der Waals surface area contributed by atoms with E-state index in [-0.39, 0.29) is 6.09 Å². The zero-order valence-corrected chi connectivity index (χ0v) is 16.2. The van der Waals surface area contributed by atoms with Crippen molar-refractivity contribution in [2.75, 3.05) is 50.8 Å². The fourth-order valence-electron chi connectivity index (χ4n) is 4.07. The Labute approximate surface area is 159 Å². The molecule has 2 fully saturated rings. The predicted molar refractivity (Wildman–Crippen MR) is 104 cm³/mol. The summed E-state index contributed by atoms with van der Waals surface area (Å²) in [7, 11) is 0. The second-order valence-electron chi connectivity index (χ2n) is 7.41. The number of piperazine rings is 1. The van der Waals surface area contributed by atoms with Gasteiger partial charge in [-0.1, -0.05) is 6.07 Å². The van der Waals surface area contributed by atoms with Crippen molar-refractivity contribution in [3.8, 4) is 0 Å². The molecule has 146 valence electrons. The number of aromatic nitrogens is 1. The highest BCUT2D eigenvalue weighted by atomic mass is 16.6. The van der Waals surface area contributed by atoms with Crippen LogP contribution in [0.5, 0.6) is 0 Å². The number of likely N-dealkylation sites (tertiary alicyclic amines) is 1. The maximum atomic E-state index is 11.8. The Morgan fingerprint density at radius 1 is 1.19 bits per heavy atom. The summed E-state index contributed by atoms with van der Waals surface area (Å²) in [5, 5.41) is 0. The van der Waals surface area contributed by atoms with Gasteiger partial charge < -0.3 is 19.0 Å². The molecule has 2 aliphatic heterocycles. The molecule has 4 rings (SSSR count). The summed E-state index contributed by atoms with van der Waals surface area (Å²) in [6.07, 6.45) is 1.86. The lowest BCUT2D eigenvalue weighted by atomic mass is 10.0. The third kappa shape index (κ3) is 3.88. The molecule has 0 aliphatic carbocycles. The maximum absolute atomic E-state index is 11.8. The predicted octanol–water partition coefficient (Wildman–Crippen LogP) is 2.88. The third-order valence-corrected chi connectivity index (χ3v) is 5.62. The average Bonchev–Trinajstić information content (AvgIpc) is 3.11. The third-order valence-electron chi connectivity index (χ3n) is 5.62. The molecule has 7 nitrogen and oxygen atoms in total. The summed E-state index contributed by atoms with van der Waals surface area (Å²) in [5.74, 6) is 0. The van der Waals surface area contributed by atoms with Crippen molar-refractivity contribution in [1.29, 1.82) is 0 Å². The molecular weight excluding hydrogens is 344 g/mol. The number of fused-ring (bicyclic) bond motifs is 1. The molecule has 2 aliphatic rings. The molecule has 1 aromatic heterocycles. The number of piperidine rings is 1. The van der Waals surface area contributed by atoms with E-state index in [2.05, 4.69) is 33.8 Å². The van der Waals surface area contributed by atoms with Gasteiger partial charge in [0, 0.05) is 45.3 Å². The number of amides is 1. The number of aryl methyl sites for hydroxylation is 1. The van der Waals surface area contributed by atoms with Crippen molar-refractivity contribution in [3.63, 3.8) is 0 Å². The van der Waals surface area contributed by atoms with E-state index in [1.807, 2.05) is 17.9 Å². The minimum Gasteiger partial charge on any atom is -0.450 e. The van der Waals surface area contributed by atoms with Crippen LogP contribution in [0.25, 0.3) is 11.1 Å². The van der Waals surface area contributed by atoms with Gasteiger partial charge in [-0.15, -0.1) is 0 Å². The summed E-state index contributed by atoms with van der Waals surface area (Å²) >= 11 is 0. The molecule has 2 aromatic rings. The van der Waals surface area contributed by atoms with Gasteiger partial charge in [-0.25, -0.2) is 4.79 Å². The molecule has 7 heteroatoms. The SMILES string of the molecule is CCOC(=O)N1CCC(N2CCN(c3nc4cc(C)ccc4o3)CC2)CC1. The van der Waals surface area contributed by atoms with Crippen LogP contribution in [0, 0.1) is 6.92 Å². The van der Waals surface area contributed by atoms with E-state index in [9.17, 15) is 4.79 Å². The number of carbonyl (C=O) groups excluding carboxylic acids is 1. The molecule has 0 spiro atoms. The minimum absolute atomic E-state index is 0.174. The lowest BCUT2D eigenvalue weighted by Crippen LogP contribution is -2.54. The summed E-state index contributed by atoms with van der Waals surface area (Å²) in [6, 6.07) is 7.39. The van der Waals surface area contributed by atoms with Crippen LogP contribution in [0.15, 0.2) is 22.6 Å². The molecule has 0 saturated carbocycles. The second kappa shape index (κ2) is 7.76. The Morgan fingerprint density at radius 3 is 2.63 bits per heavy atom. The molecule has 0 bridgehead atoms. The van der Waals surface area contributed by atoms with E-state index in [1.54, 1.807) is 0 Å². The standard InChI is InChI=1S/C20H28N4O3/c1-3-26-20(25)24-8-6-16(7-9-24)22-10-12-23(13-11-22)19-21-17-14-15(2)4-5-18(17)27-19/h4-5,14,16H,3,6-13H2,1-2H3. The highest BCUT2D eigenvalue weighted by Gasteiger charge is 2.30. The largest absolute Gasteiger partial charge is 0.450 e. The van der Waals surface area contributed by atoms with Gasteiger partial charge in [0.05, 0.1) is 6.61 Å². The molecule has 2 saturated heterocycles. The smallest absolute Gasteiger partial charge is 0.409 e. The van der Waals surface area contributed by atoms with E-state index >= 15 is 0 Å². The molecular formula is C20H28N4O3. The number of hydrogen-bond donors (Lipinski definition) is 0. The first-order chi connectivity index (χ1) is 13.1. The van der Waals surface area contributed by atoms with Gasteiger partial charge in [0.25, 0.3) is 6.01 Å². The Kier molecular flexibility index (Phi) is 5.20. The average molecular weight is 372 g/mol. The van der Waals surface area contributed by atoms with E-state index in [4.69, 9.17) is 9.15 Å². The summed E-state index contributed by atoms with van der Waals surface area (Å²) in [5.41, 5.74) is 2.98. The number of nitrogens with zero attached hydrogens (tertiary/aromatic N) is 4. The van der Waals surface area contributed by atoms with Crippen molar-refractivity contribution in [2.24, 2.45) is 0 Å². The number of rotatable bonds is 3. The normalized spacial score (nSPS) is 19.6. The summed E-state index contributed by atoms with van der Waals surface area (Å²) < 4.78 is 11.1. The molecule has 0 unspecified atom stereocenters. The lowest BCUT2D eigenvalue weighted by molar-refractivity contribution is 0.0726. The van der Waals surface area contributed by atoms with Crippen molar-refractivity contribution in [3.05, 3.63) is 23.8 Å². The van der Waals surface area contributed by atoms with Crippen molar-refractivity contribution >= 4 is 23.2 Å². The van der Waals surface area contributed by atoms with Crippen LogP contribution in [0.3, 0.4) is 0 Å². The van der Waals surface area contributed by atoms with Crippen LogP contribution >= 0.6 is 0 Å². The van der Waals surface area contributed by atoms with Gasteiger partial charge in [-0.05, 0) is 44.4 Å². The summed E-state index contributed by atoms with van der Waals surface area (Å²) in [6.45, 7) is 9.78. The molecule has 27 heavy (non-hydrogen) atoms. The van der Waals surface area contributed by atoms with Crippen molar-refractivity contribution < 1.29 is 13.9 Å². The second-order valence-corrected chi connectivity index (χ2v) is 7.41. The van der Waals surface area contributed by atoms with Crippen molar-refractivity contribution in [1.82, 2.24) is 14.8 Å². The van der Waals surface area contributed by atoms with Crippen LogP contribution in [0.4, 0.5) is 10.8 Å². The Bertz CT molecular complexity index is 790. The fourth-order valence-corrected chi connectivity index (χ4v) is 4.07. The minimum atomic E-state index is -0.174. The Hall–Kier alpha value is -2.28. The van der Waals surface area contributed by atoms with Gasteiger partial charge >= 0.3 is 6.09 Å². The van der Waals surface area contributed by atoms with E-state index in [0.29, 0.717) is 12.6 Å². The van der Waals surface area contributed by atoms with Gasteiger partial charge in [-0.2, -0.15) is 4.98 Å². The van der Waals surface area contributed by atoms with Crippen molar-refractivity contribution in [2.45, 2.75) is 32.7 Å². The lowest BCUT2D eigenvalue weighted by Gasteiger charge is -2.42. The number of oxazole rings is 1. The van der Waals surface area contributed by atoms with E-state index < -0.39 is 0 Å². The number of carbonyl (C=O) groups is 1. The van der Waals surface area contributed by atoms with E-state index in [0.717, 1.165) is 69.2 Å². The monoisotopic (exact) mass is 372 g/mol. The zero-order chi connectivity index (χ0) is 18.8. The van der Waals surface area contributed by atoms with Gasteiger partial charge in [0.15, 0.2) is 5.58 Å². The van der Waals surface area contributed by atoms with Crippen LogP contribution < -0.4 is 4.90 Å². The quantitative estimate of drug-likeness (QED) is 0.826. The fraction of sp³-hybridized carbons (Fsp3) is 0.600. The van der Waals surface area contributed by atoms with Gasteiger partial charge in [-0.3, -0.25) is 4.90 Å². The van der Waals surface area contributed by atoms with Gasteiger partial charge in [0.2, 0.25) is 0 Å². The zero-order valence-electron chi connectivity index (χ0n) is 16.2. The number of hydrogen-bond acceptors (Lipinski definition) is 6.